The highest BCUT2D eigenvalue weighted by molar-refractivity contribution is 5.78. The summed E-state index contributed by atoms with van der Waals surface area (Å²) < 4.78 is 5.29. The molecular formula is C14H27N3O2. The van der Waals surface area contributed by atoms with E-state index in [1.165, 1.54) is 12.8 Å². The maximum atomic E-state index is 12.2. The smallest absolute Gasteiger partial charge is 0.236 e. The van der Waals surface area contributed by atoms with Crippen molar-refractivity contribution in [3.8, 4) is 0 Å². The van der Waals surface area contributed by atoms with Crippen molar-refractivity contribution in [3.63, 3.8) is 0 Å². The van der Waals surface area contributed by atoms with E-state index in [1.807, 2.05) is 4.90 Å². The molecule has 2 fully saturated rings. The van der Waals surface area contributed by atoms with Gasteiger partial charge in [0.15, 0.2) is 0 Å². The van der Waals surface area contributed by atoms with E-state index >= 15 is 0 Å². The standard InChI is InChI=1S/C14H27N3O2/c1-2-16(11-13-4-3-5-15-10-13)12-14(18)17-6-8-19-9-7-17/h13,15H,2-12H2,1H3. The highest BCUT2D eigenvalue weighted by Crippen LogP contribution is 2.12. The number of hydrogen-bond acceptors (Lipinski definition) is 4. The fraction of sp³-hybridized carbons (Fsp3) is 0.929. The van der Waals surface area contributed by atoms with Crippen LogP contribution in [0.15, 0.2) is 0 Å². The second-order valence-electron chi connectivity index (χ2n) is 5.53. The van der Waals surface area contributed by atoms with Gasteiger partial charge in [-0.25, -0.2) is 0 Å². The van der Waals surface area contributed by atoms with Gasteiger partial charge < -0.3 is 15.0 Å². The summed E-state index contributed by atoms with van der Waals surface area (Å²) in [5, 5.41) is 3.44. The van der Waals surface area contributed by atoms with Gasteiger partial charge in [-0.15, -0.1) is 0 Å². The lowest BCUT2D eigenvalue weighted by molar-refractivity contribution is -0.136. The third-order valence-electron chi connectivity index (χ3n) is 4.09. The van der Waals surface area contributed by atoms with Crippen LogP contribution in [0.3, 0.4) is 0 Å². The van der Waals surface area contributed by atoms with E-state index in [1.54, 1.807) is 0 Å². The Kier molecular flexibility index (Phi) is 6.07. The van der Waals surface area contributed by atoms with Crippen molar-refractivity contribution < 1.29 is 9.53 Å². The van der Waals surface area contributed by atoms with Gasteiger partial charge in [-0.3, -0.25) is 9.69 Å². The van der Waals surface area contributed by atoms with Crippen molar-refractivity contribution in [1.82, 2.24) is 15.1 Å². The lowest BCUT2D eigenvalue weighted by atomic mass is 9.99. The van der Waals surface area contributed by atoms with Crippen molar-refractivity contribution >= 4 is 5.91 Å². The fourth-order valence-corrected chi connectivity index (χ4v) is 2.85. The Morgan fingerprint density at radius 1 is 1.42 bits per heavy atom. The number of piperidine rings is 1. The number of nitrogens with one attached hydrogen (secondary N) is 1. The Balaban J connectivity index is 1.75. The van der Waals surface area contributed by atoms with Gasteiger partial charge in [0.2, 0.25) is 5.91 Å². The number of ether oxygens (including phenoxy) is 1. The van der Waals surface area contributed by atoms with Crippen molar-refractivity contribution in [3.05, 3.63) is 0 Å². The molecule has 2 heterocycles. The predicted octanol–water partition coefficient (Wildman–Crippen LogP) is 0.167. The fourth-order valence-electron chi connectivity index (χ4n) is 2.85. The molecule has 2 saturated heterocycles. The third-order valence-corrected chi connectivity index (χ3v) is 4.09. The van der Waals surface area contributed by atoms with Gasteiger partial charge in [0.25, 0.3) is 0 Å². The van der Waals surface area contributed by atoms with Crippen LogP contribution in [0, 0.1) is 5.92 Å². The second kappa shape index (κ2) is 7.82. The molecule has 0 aromatic carbocycles. The minimum Gasteiger partial charge on any atom is -0.378 e. The van der Waals surface area contributed by atoms with Crippen LogP contribution in [0.1, 0.15) is 19.8 Å². The van der Waals surface area contributed by atoms with E-state index in [4.69, 9.17) is 4.74 Å². The molecule has 0 radical (unpaired) electrons. The summed E-state index contributed by atoms with van der Waals surface area (Å²) in [5.74, 6) is 0.958. The molecule has 0 aromatic heterocycles. The first-order valence-electron chi connectivity index (χ1n) is 7.58. The Morgan fingerprint density at radius 2 is 2.21 bits per heavy atom. The van der Waals surface area contributed by atoms with E-state index in [0.29, 0.717) is 25.7 Å². The molecule has 5 heteroatoms. The molecule has 1 amide bonds. The average Bonchev–Trinajstić information content (AvgIpc) is 2.48. The summed E-state index contributed by atoms with van der Waals surface area (Å²) in [5.41, 5.74) is 0. The topological polar surface area (TPSA) is 44.8 Å². The molecule has 0 bridgehead atoms. The Labute approximate surface area is 116 Å². The minimum atomic E-state index is 0.258. The van der Waals surface area contributed by atoms with Gasteiger partial charge in [0, 0.05) is 19.6 Å². The quantitative estimate of drug-likeness (QED) is 0.772. The number of carbonyl (C=O) groups is 1. The molecule has 0 spiro atoms. The normalized spacial score (nSPS) is 24.7. The van der Waals surface area contributed by atoms with Crippen LogP contribution in [0.2, 0.25) is 0 Å². The molecule has 2 aliphatic rings. The first kappa shape index (κ1) is 14.8. The molecule has 1 atom stereocenters. The van der Waals surface area contributed by atoms with Gasteiger partial charge in [-0.05, 0) is 38.4 Å². The monoisotopic (exact) mass is 269 g/mol. The summed E-state index contributed by atoms with van der Waals surface area (Å²) in [4.78, 5) is 16.4. The van der Waals surface area contributed by atoms with Gasteiger partial charge in [-0.2, -0.15) is 0 Å². The number of nitrogens with zero attached hydrogens (tertiary/aromatic N) is 2. The highest BCUT2D eigenvalue weighted by atomic mass is 16.5. The van der Waals surface area contributed by atoms with Gasteiger partial charge in [0.05, 0.1) is 19.8 Å². The summed E-state index contributed by atoms with van der Waals surface area (Å²) in [7, 11) is 0. The van der Waals surface area contributed by atoms with Crippen LogP contribution in [0.4, 0.5) is 0 Å². The van der Waals surface area contributed by atoms with Gasteiger partial charge in [0.1, 0.15) is 0 Å². The minimum absolute atomic E-state index is 0.258. The van der Waals surface area contributed by atoms with E-state index in [0.717, 1.165) is 39.3 Å². The number of amides is 1. The van der Waals surface area contributed by atoms with Crippen molar-refractivity contribution in [2.45, 2.75) is 19.8 Å². The molecule has 110 valence electrons. The zero-order valence-corrected chi connectivity index (χ0v) is 12.1. The lowest BCUT2D eigenvalue weighted by Crippen LogP contribution is -2.47. The summed E-state index contributed by atoms with van der Waals surface area (Å²) in [6.45, 7) is 9.82. The summed E-state index contributed by atoms with van der Waals surface area (Å²) in [6, 6.07) is 0. The summed E-state index contributed by atoms with van der Waals surface area (Å²) >= 11 is 0. The first-order valence-corrected chi connectivity index (χ1v) is 7.58. The van der Waals surface area contributed by atoms with E-state index in [-0.39, 0.29) is 5.91 Å². The maximum absolute atomic E-state index is 12.2. The van der Waals surface area contributed by atoms with Crippen LogP contribution in [0.25, 0.3) is 0 Å². The van der Waals surface area contributed by atoms with Crippen molar-refractivity contribution in [1.29, 1.82) is 0 Å². The van der Waals surface area contributed by atoms with E-state index in [9.17, 15) is 4.79 Å². The molecule has 19 heavy (non-hydrogen) atoms. The van der Waals surface area contributed by atoms with Crippen molar-refractivity contribution in [2.75, 3.05) is 59.0 Å². The lowest BCUT2D eigenvalue weighted by Gasteiger charge is -2.32. The van der Waals surface area contributed by atoms with E-state index in [2.05, 4.69) is 17.1 Å². The van der Waals surface area contributed by atoms with Crippen LogP contribution >= 0.6 is 0 Å². The molecule has 5 nitrogen and oxygen atoms in total. The summed E-state index contributed by atoms with van der Waals surface area (Å²) in [6.07, 6.45) is 2.55. The largest absolute Gasteiger partial charge is 0.378 e. The predicted molar refractivity (Wildman–Crippen MR) is 75.1 cm³/mol. The van der Waals surface area contributed by atoms with Crippen LogP contribution in [-0.4, -0.2) is 74.7 Å². The molecule has 0 saturated carbocycles. The number of morpholine rings is 1. The first-order chi connectivity index (χ1) is 9.29. The number of hydrogen-bond donors (Lipinski definition) is 1. The van der Waals surface area contributed by atoms with E-state index < -0.39 is 0 Å². The van der Waals surface area contributed by atoms with Crippen LogP contribution < -0.4 is 5.32 Å². The molecular weight excluding hydrogens is 242 g/mol. The maximum Gasteiger partial charge on any atom is 0.236 e. The Morgan fingerprint density at radius 3 is 2.84 bits per heavy atom. The van der Waals surface area contributed by atoms with Crippen molar-refractivity contribution in [2.24, 2.45) is 5.92 Å². The zero-order valence-electron chi connectivity index (χ0n) is 12.1. The van der Waals surface area contributed by atoms with Crippen LogP contribution in [-0.2, 0) is 9.53 Å². The zero-order chi connectivity index (χ0) is 13.5. The Hall–Kier alpha value is -0.650. The molecule has 0 aromatic rings. The highest BCUT2D eigenvalue weighted by Gasteiger charge is 2.21. The third kappa shape index (κ3) is 4.75. The molecule has 1 unspecified atom stereocenters. The number of carbonyl (C=O) groups excluding carboxylic acids is 1. The molecule has 2 aliphatic heterocycles. The molecule has 1 N–H and O–H groups in total. The molecule has 0 aliphatic carbocycles. The molecule has 2 rings (SSSR count). The number of likely N-dealkylation sites (N-methyl/N-ethyl adjacent to an activating group) is 1. The van der Waals surface area contributed by atoms with Gasteiger partial charge in [-0.1, -0.05) is 6.92 Å². The van der Waals surface area contributed by atoms with Crippen LogP contribution in [0.5, 0.6) is 0 Å². The average molecular weight is 269 g/mol. The SMILES string of the molecule is CCN(CC(=O)N1CCOCC1)CC1CCCNC1. The Bertz CT molecular complexity index is 274. The van der Waals surface area contributed by atoms with Gasteiger partial charge >= 0.3 is 0 Å². The second-order valence-corrected chi connectivity index (χ2v) is 5.53. The number of rotatable bonds is 5.